The molecule has 1 unspecified atom stereocenters. The second kappa shape index (κ2) is 8.13. The first-order valence-corrected chi connectivity index (χ1v) is 6.74. The third kappa shape index (κ3) is 5.22. The smallest absolute Gasteiger partial charge is 0.119 e. The molecular formula is C15H25NO. The molecule has 0 bridgehead atoms. The Balaban J connectivity index is 2.47. The second-order valence-electron chi connectivity index (χ2n) is 4.41. The zero-order valence-electron chi connectivity index (χ0n) is 11.3. The quantitative estimate of drug-likeness (QED) is 0.689. The van der Waals surface area contributed by atoms with Gasteiger partial charge in [-0.15, -0.1) is 0 Å². The van der Waals surface area contributed by atoms with Gasteiger partial charge in [0.15, 0.2) is 0 Å². The van der Waals surface area contributed by atoms with Crippen molar-refractivity contribution in [2.24, 2.45) is 0 Å². The van der Waals surface area contributed by atoms with Gasteiger partial charge in [0.1, 0.15) is 5.75 Å². The van der Waals surface area contributed by atoms with Gasteiger partial charge in [0.25, 0.3) is 0 Å². The maximum Gasteiger partial charge on any atom is 0.119 e. The third-order valence-electron chi connectivity index (χ3n) is 2.89. The van der Waals surface area contributed by atoms with Crippen molar-refractivity contribution in [2.45, 2.75) is 46.1 Å². The van der Waals surface area contributed by atoms with Crippen LogP contribution in [-0.4, -0.2) is 13.2 Å². The van der Waals surface area contributed by atoms with Crippen LogP contribution < -0.4 is 10.1 Å². The predicted octanol–water partition coefficient (Wildman–Crippen LogP) is 3.93. The van der Waals surface area contributed by atoms with Gasteiger partial charge in [0.05, 0.1) is 6.61 Å². The number of hydrogen-bond donors (Lipinski definition) is 1. The standard InChI is InChI=1S/C15H25NO/c1-4-6-7-11-17-15-10-8-9-14(12-15)13(3)16-5-2/h8-10,12-13,16H,4-7,11H2,1-3H3. The Morgan fingerprint density at radius 3 is 2.76 bits per heavy atom. The predicted molar refractivity (Wildman–Crippen MR) is 73.6 cm³/mol. The number of nitrogens with one attached hydrogen (secondary N) is 1. The normalized spacial score (nSPS) is 12.4. The van der Waals surface area contributed by atoms with Gasteiger partial charge in [0, 0.05) is 6.04 Å². The Kier molecular flexibility index (Phi) is 6.71. The molecule has 0 fully saturated rings. The minimum Gasteiger partial charge on any atom is -0.494 e. The fourth-order valence-corrected chi connectivity index (χ4v) is 1.84. The Morgan fingerprint density at radius 2 is 2.06 bits per heavy atom. The van der Waals surface area contributed by atoms with Crippen molar-refractivity contribution in [1.82, 2.24) is 5.32 Å². The van der Waals surface area contributed by atoms with Crippen LogP contribution in [0, 0.1) is 0 Å². The molecule has 1 aromatic carbocycles. The molecule has 0 aliphatic heterocycles. The van der Waals surface area contributed by atoms with Crippen molar-refractivity contribution >= 4 is 0 Å². The lowest BCUT2D eigenvalue weighted by atomic mass is 10.1. The van der Waals surface area contributed by atoms with Gasteiger partial charge in [-0.25, -0.2) is 0 Å². The van der Waals surface area contributed by atoms with Crippen LogP contribution in [-0.2, 0) is 0 Å². The van der Waals surface area contributed by atoms with Crippen LogP contribution in [0.2, 0.25) is 0 Å². The minimum atomic E-state index is 0.388. The number of rotatable bonds is 8. The molecule has 17 heavy (non-hydrogen) atoms. The Morgan fingerprint density at radius 1 is 1.24 bits per heavy atom. The van der Waals surface area contributed by atoms with Crippen molar-refractivity contribution in [2.75, 3.05) is 13.2 Å². The average Bonchev–Trinajstić information content (AvgIpc) is 2.35. The van der Waals surface area contributed by atoms with Crippen LogP contribution >= 0.6 is 0 Å². The molecule has 1 atom stereocenters. The number of benzene rings is 1. The molecule has 0 spiro atoms. The summed E-state index contributed by atoms with van der Waals surface area (Å²) in [5.41, 5.74) is 1.29. The van der Waals surface area contributed by atoms with Crippen LogP contribution in [0.3, 0.4) is 0 Å². The van der Waals surface area contributed by atoms with E-state index < -0.39 is 0 Å². The lowest BCUT2D eigenvalue weighted by molar-refractivity contribution is 0.305. The van der Waals surface area contributed by atoms with Crippen molar-refractivity contribution in [3.8, 4) is 5.75 Å². The highest BCUT2D eigenvalue weighted by atomic mass is 16.5. The fraction of sp³-hybridized carbons (Fsp3) is 0.600. The summed E-state index contributed by atoms with van der Waals surface area (Å²) in [6.07, 6.45) is 3.62. The summed E-state index contributed by atoms with van der Waals surface area (Å²) in [6, 6.07) is 8.77. The van der Waals surface area contributed by atoms with E-state index in [9.17, 15) is 0 Å². The van der Waals surface area contributed by atoms with Gasteiger partial charge in [-0.1, -0.05) is 38.8 Å². The summed E-state index contributed by atoms with van der Waals surface area (Å²) < 4.78 is 5.75. The number of hydrogen-bond acceptors (Lipinski definition) is 2. The minimum absolute atomic E-state index is 0.388. The maximum atomic E-state index is 5.75. The molecule has 0 heterocycles. The molecule has 0 aliphatic carbocycles. The molecule has 0 amide bonds. The topological polar surface area (TPSA) is 21.3 Å². The molecule has 0 aliphatic rings. The first-order valence-electron chi connectivity index (χ1n) is 6.74. The zero-order valence-corrected chi connectivity index (χ0v) is 11.3. The Labute approximate surface area is 105 Å². The Bertz CT molecular complexity index is 312. The molecule has 0 aromatic heterocycles. The van der Waals surface area contributed by atoms with E-state index in [1.807, 2.05) is 6.07 Å². The summed E-state index contributed by atoms with van der Waals surface area (Å²) in [5.74, 6) is 0.989. The largest absolute Gasteiger partial charge is 0.494 e. The SMILES string of the molecule is CCCCCOc1cccc(C(C)NCC)c1. The molecule has 0 saturated carbocycles. The molecule has 2 nitrogen and oxygen atoms in total. The first-order chi connectivity index (χ1) is 8.27. The van der Waals surface area contributed by atoms with Crippen LogP contribution in [0.5, 0.6) is 5.75 Å². The summed E-state index contributed by atoms with van der Waals surface area (Å²) in [7, 11) is 0. The van der Waals surface area contributed by atoms with Crippen molar-refractivity contribution in [3.05, 3.63) is 29.8 Å². The van der Waals surface area contributed by atoms with Gasteiger partial charge in [-0.3, -0.25) is 0 Å². The first kappa shape index (κ1) is 14.0. The summed E-state index contributed by atoms with van der Waals surface area (Å²) >= 11 is 0. The number of ether oxygens (including phenoxy) is 1. The zero-order chi connectivity index (χ0) is 12.5. The molecule has 0 saturated heterocycles. The van der Waals surface area contributed by atoms with Gasteiger partial charge in [-0.05, 0) is 37.6 Å². The molecule has 1 rings (SSSR count). The number of unbranched alkanes of at least 4 members (excludes halogenated alkanes) is 2. The molecular weight excluding hydrogens is 210 g/mol. The van der Waals surface area contributed by atoms with Crippen molar-refractivity contribution in [3.63, 3.8) is 0 Å². The Hall–Kier alpha value is -1.02. The van der Waals surface area contributed by atoms with Crippen LogP contribution in [0.4, 0.5) is 0 Å². The van der Waals surface area contributed by atoms with Gasteiger partial charge in [-0.2, -0.15) is 0 Å². The van der Waals surface area contributed by atoms with E-state index in [2.05, 4.69) is 44.3 Å². The summed E-state index contributed by atoms with van der Waals surface area (Å²) in [6.45, 7) is 8.33. The van der Waals surface area contributed by atoms with E-state index in [0.717, 1.165) is 25.3 Å². The lowest BCUT2D eigenvalue weighted by Gasteiger charge is -2.14. The van der Waals surface area contributed by atoms with Crippen molar-refractivity contribution in [1.29, 1.82) is 0 Å². The van der Waals surface area contributed by atoms with Crippen molar-refractivity contribution < 1.29 is 4.74 Å². The molecule has 96 valence electrons. The second-order valence-corrected chi connectivity index (χ2v) is 4.41. The third-order valence-corrected chi connectivity index (χ3v) is 2.89. The van der Waals surface area contributed by atoms with Gasteiger partial charge in [0.2, 0.25) is 0 Å². The van der Waals surface area contributed by atoms with Crippen LogP contribution in [0.15, 0.2) is 24.3 Å². The van der Waals surface area contributed by atoms with E-state index in [4.69, 9.17) is 4.74 Å². The van der Waals surface area contributed by atoms with E-state index in [1.54, 1.807) is 0 Å². The maximum absolute atomic E-state index is 5.75. The highest BCUT2D eigenvalue weighted by Gasteiger charge is 2.04. The molecule has 2 heteroatoms. The van der Waals surface area contributed by atoms with Crippen LogP contribution in [0.25, 0.3) is 0 Å². The van der Waals surface area contributed by atoms with E-state index in [0.29, 0.717) is 6.04 Å². The lowest BCUT2D eigenvalue weighted by Crippen LogP contribution is -2.17. The highest BCUT2D eigenvalue weighted by Crippen LogP contribution is 2.19. The average molecular weight is 235 g/mol. The molecule has 1 N–H and O–H groups in total. The molecule has 0 radical (unpaired) electrons. The molecule has 1 aromatic rings. The summed E-state index contributed by atoms with van der Waals surface area (Å²) in [5, 5.41) is 3.41. The van der Waals surface area contributed by atoms with E-state index >= 15 is 0 Å². The van der Waals surface area contributed by atoms with E-state index in [1.165, 1.54) is 18.4 Å². The highest BCUT2D eigenvalue weighted by molar-refractivity contribution is 5.30. The summed E-state index contributed by atoms with van der Waals surface area (Å²) in [4.78, 5) is 0. The van der Waals surface area contributed by atoms with E-state index in [-0.39, 0.29) is 0 Å². The van der Waals surface area contributed by atoms with Gasteiger partial charge < -0.3 is 10.1 Å². The monoisotopic (exact) mass is 235 g/mol. The fourth-order valence-electron chi connectivity index (χ4n) is 1.84. The van der Waals surface area contributed by atoms with Crippen LogP contribution in [0.1, 0.15) is 51.6 Å². The van der Waals surface area contributed by atoms with Gasteiger partial charge >= 0.3 is 0 Å².